The van der Waals surface area contributed by atoms with E-state index in [9.17, 15) is 9.59 Å². The number of hydrogen-bond acceptors (Lipinski definition) is 5. The lowest BCUT2D eigenvalue weighted by molar-refractivity contribution is -0.157. The quantitative estimate of drug-likeness (QED) is 0.396. The van der Waals surface area contributed by atoms with Gasteiger partial charge in [0.2, 0.25) is 0 Å². The molecule has 1 heterocycles. The molecule has 1 amide bonds. The zero-order valence-electron chi connectivity index (χ0n) is 21.1. The molecule has 184 valence electrons. The maximum atomic E-state index is 13.0. The molecule has 0 aliphatic carbocycles. The first-order valence-corrected chi connectivity index (χ1v) is 12.3. The molecule has 7 heteroatoms. The van der Waals surface area contributed by atoms with E-state index >= 15 is 0 Å². The van der Waals surface area contributed by atoms with Crippen LogP contribution in [0.4, 0.5) is 0 Å². The Hall–Kier alpha value is -3.06. The van der Waals surface area contributed by atoms with Gasteiger partial charge in [-0.25, -0.2) is 14.8 Å². The van der Waals surface area contributed by atoms with Gasteiger partial charge in [0.05, 0.1) is 4.47 Å². The second-order valence-corrected chi connectivity index (χ2v) is 11.4. The molecule has 0 aliphatic heterocycles. The third-order valence-electron chi connectivity index (χ3n) is 5.28. The van der Waals surface area contributed by atoms with Crippen LogP contribution in [0.25, 0.3) is 11.4 Å². The number of ether oxygens (including phenoxy) is 1. The molecule has 0 unspecified atom stereocenters. The second kappa shape index (κ2) is 10.7. The van der Waals surface area contributed by atoms with Gasteiger partial charge >= 0.3 is 5.97 Å². The Balaban J connectivity index is 1.78. The minimum absolute atomic E-state index is 0.0124. The van der Waals surface area contributed by atoms with E-state index in [0.29, 0.717) is 17.8 Å². The van der Waals surface area contributed by atoms with E-state index in [1.807, 2.05) is 57.2 Å². The highest BCUT2D eigenvalue weighted by molar-refractivity contribution is 9.10. The molecule has 0 spiro atoms. The van der Waals surface area contributed by atoms with Crippen molar-refractivity contribution < 1.29 is 14.3 Å². The molecule has 0 bridgehead atoms. The van der Waals surface area contributed by atoms with Gasteiger partial charge in [0.1, 0.15) is 11.6 Å². The molecule has 0 saturated heterocycles. The van der Waals surface area contributed by atoms with Crippen LogP contribution >= 0.6 is 15.9 Å². The molecular weight excluding hydrogens is 506 g/mol. The van der Waals surface area contributed by atoms with Crippen LogP contribution < -0.4 is 5.32 Å². The van der Waals surface area contributed by atoms with E-state index in [4.69, 9.17) is 4.74 Å². The lowest BCUT2D eigenvalue weighted by Gasteiger charge is -2.25. The molecule has 0 radical (unpaired) electrons. The average Bonchev–Trinajstić information content (AvgIpc) is 2.78. The maximum Gasteiger partial charge on any atom is 0.329 e. The molecule has 3 aromatic rings. The molecule has 2 aromatic carbocycles. The summed E-state index contributed by atoms with van der Waals surface area (Å²) in [4.78, 5) is 34.6. The summed E-state index contributed by atoms with van der Waals surface area (Å²) in [6, 6.07) is 14.2. The number of rotatable bonds is 6. The molecule has 1 aromatic heterocycles. The van der Waals surface area contributed by atoms with Gasteiger partial charge < -0.3 is 10.1 Å². The Morgan fingerprint density at radius 2 is 1.49 bits per heavy atom. The molecule has 0 fully saturated rings. The summed E-state index contributed by atoms with van der Waals surface area (Å²) in [6.07, 6.45) is 3.68. The third-order valence-corrected chi connectivity index (χ3v) is 5.69. The molecule has 6 nitrogen and oxygen atoms in total. The first-order valence-electron chi connectivity index (χ1n) is 11.5. The normalized spacial score (nSPS) is 12.7. The molecule has 0 saturated carbocycles. The van der Waals surface area contributed by atoms with E-state index in [-0.39, 0.29) is 11.3 Å². The summed E-state index contributed by atoms with van der Waals surface area (Å²) in [5.74, 6) is -0.186. The third kappa shape index (κ3) is 7.72. The first kappa shape index (κ1) is 26.5. The topological polar surface area (TPSA) is 81.2 Å². The fourth-order valence-electron chi connectivity index (χ4n) is 3.42. The number of nitrogens with one attached hydrogen (secondary N) is 1. The number of hydrogen-bond donors (Lipinski definition) is 1. The van der Waals surface area contributed by atoms with E-state index < -0.39 is 17.6 Å². The van der Waals surface area contributed by atoms with Crippen molar-refractivity contribution >= 4 is 27.8 Å². The minimum Gasteiger partial charge on any atom is -0.458 e. The number of amides is 1. The predicted octanol–water partition coefficient (Wildman–Crippen LogP) is 5.89. The van der Waals surface area contributed by atoms with E-state index in [2.05, 4.69) is 52.0 Å². The molecular formula is C28H32BrN3O3. The lowest BCUT2D eigenvalue weighted by Crippen LogP contribution is -2.45. The van der Waals surface area contributed by atoms with Crippen LogP contribution in [0.5, 0.6) is 0 Å². The number of nitrogens with zero attached hydrogens (tertiary/aromatic N) is 2. The van der Waals surface area contributed by atoms with E-state index in [0.717, 1.165) is 21.2 Å². The van der Waals surface area contributed by atoms with Crippen LogP contribution in [0, 0.1) is 0 Å². The maximum absolute atomic E-state index is 13.0. The Bertz CT molecular complexity index is 1160. The monoisotopic (exact) mass is 537 g/mol. The van der Waals surface area contributed by atoms with Crippen molar-refractivity contribution in [3.63, 3.8) is 0 Å². The van der Waals surface area contributed by atoms with Crippen molar-refractivity contribution in [3.05, 3.63) is 82.1 Å². The summed E-state index contributed by atoms with van der Waals surface area (Å²) < 4.78 is 6.41. The lowest BCUT2D eigenvalue weighted by atomic mass is 9.86. The van der Waals surface area contributed by atoms with Crippen LogP contribution in [-0.4, -0.2) is 33.5 Å². The fraction of sp³-hybridized carbons (Fsp3) is 0.357. The second-order valence-electron chi connectivity index (χ2n) is 10.5. The number of esters is 1. The average molecular weight is 538 g/mol. The van der Waals surface area contributed by atoms with Crippen LogP contribution in [0.3, 0.4) is 0 Å². The van der Waals surface area contributed by atoms with Gasteiger partial charge in [-0.15, -0.1) is 0 Å². The Labute approximate surface area is 215 Å². The molecule has 1 atom stereocenters. The van der Waals surface area contributed by atoms with Gasteiger partial charge in [-0.2, -0.15) is 0 Å². The number of benzene rings is 2. The molecule has 0 aliphatic rings. The van der Waals surface area contributed by atoms with Gasteiger partial charge in [-0.05, 0) is 65.4 Å². The van der Waals surface area contributed by atoms with Crippen molar-refractivity contribution in [2.24, 2.45) is 0 Å². The summed E-state index contributed by atoms with van der Waals surface area (Å²) in [7, 11) is 0. The summed E-state index contributed by atoms with van der Waals surface area (Å²) in [5.41, 5.74) is 2.68. The summed E-state index contributed by atoms with van der Waals surface area (Å²) in [6.45, 7) is 11.8. The van der Waals surface area contributed by atoms with Gasteiger partial charge in [0.25, 0.3) is 5.91 Å². The van der Waals surface area contributed by atoms with Crippen molar-refractivity contribution in [1.29, 1.82) is 0 Å². The van der Waals surface area contributed by atoms with Crippen molar-refractivity contribution in [3.8, 4) is 11.4 Å². The van der Waals surface area contributed by atoms with Crippen LogP contribution in [0.15, 0.2) is 65.4 Å². The standard InChI is InChI=1S/C28H32BrN3O3/c1-27(2,3)21-13-11-20(12-14-21)25(33)32-23(26(34)35-28(4,5)6)15-18-7-9-19(10-8-18)24-30-16-22(29)17-31-24/h7-14,16-17,23H,15H2,1-6H3,(H,32,33)/t23-/m0/s1. The SMILES string of the molecule is CC(C)(C)OC(=O)[C@H](Cc1ccc(-c2ncc(Br)cn2)cc1)NC(=O)c1ccc(C(C)(C)C)cc1. The highest BCUT2D eigenvalue weighted by Crippen LogP contribution is 2.22. The van der Waals surface area contributed by atoms with Crippen LogP contribution in [-0.2, 0) is 21.4 Å². The highest BCUT2D eigenvalue weighted by atomic mass is 79.9. The van der Waals surface area contributed by atoms with Crippen molar-refractivity contribution in [2.75, 3.05) is 0 Å². The molecule has 1 N–H and O–H groups in total. The Morgan fingerprint density at radius 1 is 0.914 bits per heavy atom. The predicted molar refractivity (Wildman–Crippen MR) is 141 cm³/mol. The van der Waals surface area contributed by atoms with Gasteiger partial charge in [-0.1, -0.05) is 57.2 Å². The number of carbonyl (C=O) groups excluding carboxylic acids is 2. The summed E-state index contributed by atoms with van der Waals surface area (Å²) in [5, 5.41) is 2.87. The van der Waals surface area contributed by atoms with Gasteiger partial charge in [-0.3, -0.25) is 4.79 Å². The van der Waals surface area contributed by atoms with Crippen LogP contribution in [0.2, 0.25) is 0 Å². The Morgan fingerprint density at radius 3 is 2.00 bits per heavy atom. The minimum atomic E-state index is -0.834. The van der Waals surface area contributed by atoms with Crippen molar-refractivity contribution in [1.82, 2.24) is 15.3 Å². The number of halogens is 1. The molecule has 35 heavy (non-hydrogen) atoms. The molecule has 3 rings (SSSR count). The van der Waals surface area contributed by atoms with Crippen molar-refractivity contribution in [2.45, 2.75) is 65.0 Å². The smallest absolute Gasteiger partial charge is 0.329 e. The summed E-state index contributed by atoms with van der Waals surface area (Å²) >= 11 is 3.34. The largest absolute Gasteiger partial charge is 0.458 e. The number of aromatic nitrogens is 2. The first-order chi connectivity index (χ1) is 16.3. The van der Waals surface area contributed by atoms with E-state index in [1.54, 1.807) is 24.5 Å². The zero-order chi connectivity index (χ0) is 25.8. The Kier molecular flexibility index (Phi) is 8.11. The van der Waals surface area contributed by atoms with Crippen LogP contribution in [0.1, 0.15) is 63.0 Å². The van der Waals surface area contributed by atoms with E-state index in [1.165, 1.54) is 0 Å². The van der Waals surface area contributed by atoms with Gasteiger partial charge in [0, 0.05) is 29.9 Å². The fourth-order valence-corrected chi connectivity index (χ4v) is 3.62. The highest BCUT2D eigenvalue weighted by Gasteiger charge is 2.27. The number of carbonyl (C=O) groups is 2. The zero-order valence-corrected chi connectivity index (χ0v) is 22.6. The van der Waals surface area contributed by atoms with Gasteiger partial charge in [0.15, 0.2) is 5.82 Å².